The number of anilines is 1. The summed E-state index contributed by atoms with van der Waals surface area (Å²) < 4.78 is 0. The van der Waals surface area contributed by atoms with Crippen LogP contribution in [0, 0.1) is 0 Å². The lowest BCUT2D eigenvalue weighted by atomic mass is 10.2. The van der Waals surface area contributed by atoms with Gasteiger partial charge in [-0.15, -0.1) is 0 Å². The average Bonchev–Trinajstić information content (AvgIpc) is 3.04. The first-order chi connectivity index (χ1) is 13.3. The lowest BCUT2D eigenvalue weighted by molar-refractivity contribution is -0.113. The van der Waals surface area contributed by atoms with Gasteiger partial charge >= 0.3 is 0 Å². The largest absolute Gasteiger partial charge is 0.282 e. The first kappa shape index (κ1) is 16.7. The molecule has 0 N–H and O–H groups in total. The van der Waals surface area contributed by atoms with Gasteiger partial charge in [0.1, 0.15) is 11.5 Å². The molecule has 0 spiro atoms. The van der Waals surface area contributed by atoms with Crippen molar-refractivity contribution in [1.29, 1.82) is 0 Å². The minimum Gasteiger partial charge on any atom is -0.266 e. The second kappa shape index (κ2) is 7.67. The van der Waals surface area contributed by atoms with Crippen molar-refractivity contribution in [3.05, 3.63) is 114 Å². The van der Waals surface area contributed by atoms with E-state index in [0.717, 1.165) is 16.8 Å². The van der Waals surface area contributed by atoms with Crippen LogP contribution in [0.2, 0.25) is 0 Å². The van der Waals surface area contributed by atoms with Crippen LogP contribution in [0.4, 0.5) is 5.69 Å². The van der Waals surface area contributed by atoms with E-state index in [-0.39, 0.29) is 5.91 Å². The Morgan fingerprint density at radius 1 is 0.667 bits per heavy atom. The number of rotatable bonds is 4. The molecule has 0 bridgehead atoms. The van der Waals surface area contributed by atoms with Crippen LogP contribution >= 0.6 is 0 Å². The van der Waals surface area contributed by atoms with Gasteiger partial charge in [-0.05, 0) is 35.4 Å². The normalized spacial score (nSPS) is 15.6. The Kier molecular flexibility index (Phi) is 4.75. The fourth-order valence-corrected chi connectivity index (χ4v) is 2.91. The molecule has 3 aromatic rings. The van der Waals surface area contributed by atoms with E-state index in [2.05, 4.69) is 4.99 Å². The van der Waals surface area contributed by atoms with Crippen molar-refractivity contribution in [3.8, 4) is 0 Å². The summed E-state index contributed by atoms with van der Waals surface area (Å²) in [6, 6.07) is 29.3. The number of aliphatic imine (C=N–C) groups is 1. The van der Waals surface area contributed by atoms with E-state index in [1.165, 1.54) is 0 Å². The van der Waals surface area contributed by atoms with Crippen LogP contribution in [0.1, 0.15) is 11.1 Å². The van der Waals surface area contributed by atoms with E-state index in [1.807, 2.05) is 109 Å². The van der Waals surface area contributed by atoms with E-state index in [1.54, 1.807) is 4.90 Å². The third-order valence-corrected chi connectivity index (χ3v) is 4.23. The van der Waals surface area contributed by atoms with E-state index in [0.29, 0.717) is 11.5 Å². The second-order valence-electron chi connectivity index (χ2n) is 6.13. The lowest BCUT2D eigenvalue weighted by Gasteiger charge is -2.16. The summed E-state index contributed by atoms with van der Waals surface area (Å²) in [5.74, 6) is 0.481. The quantitative estimate of drug-likeness (QED) is 0.596. The molecule has 0 atom stereocenters. The highest BCUT2D eigenvalue weighted by Gasteiger charge is 2.29. The van der Waals surface area contributed by atoms with Gasteiger partial charge in [0.25, 0.3) is 5.91 Å². The van der Waals surface area contributed by atoms with Crippen LogP contribution < -0.4 is 4.90 Å². The molecule has 0 unspecified atom stereocenters. The Balaban J connectivity index is 1.73. The van der Waals surface area contributed by atoms with Gasteiger partial charge in [0, 0.05) is 0 Å². The molecule has 1 aliphatic rings. The molecule has 3 aromatic carbocycles. The fraction of sp³-hybridized carbons (Fsp3) is 0. The average molecular weight is 350 g/mol. The van der Waals surface area contributed by atoms with Crippen LogP contribution in [0.5, 0.6) is 0 Å². The minimum absolute atomic E-state index is 0.127. The van der Waals surface area contributed by atoms with Crippen molar-refractivity contribution in [2.75, 3.05) is 4.90 Å². The predicted octanol–water partition coefficient (Wildman–Crippen LogP) is 5.19. The number of amides is 1. The number of para-hydroxylation sites is 1. The van der Waals surface area contributed by atoms with Crippen LogP contribution in [-0.2, 0) is 4.79 Å². The molecule has 1 aliphatic heterocycles. The molecule has 3 heteroatoms. The zero-order valence-corrected chi connectivity index (χ0v) is 14.7. The highest BCUT2D eigenvalue weighted by molar-refractivity contribution is 6.32. The van der Waals surface area contributed by atoms with Crippen molar-refractivity contribution in [2.45, 2.75) is 0 Å². The molecule has 130 valence electrons. The summed E-state index contributed by atoms with van der Waals surface area (Å²) in [5, 5.41) is 0. The fourth-order valence-electron chi connectivity index (χ4n) is 2.91. The first-order valence-corrected chi connectivity index (χ1v) is 8.79. The molecule has 1 heterocycles. The molecule has 0 radical (unpaired) electrons. The SMILES string of the molecule is O=C1/C(=C/c2ccccc2)N=C(/C=C/c2ccccc2)N1c1ccccc1. The topological polar surface area (TPSA) is 32.7 Å². The predicted molar refractivity (Wildman–Crippen MR) is 111 cm³/mol. The van der Waals surface area contributed by atoms with Gasteiger partial charge in [-0.25, -0.2) is 4.99 Å². The molecule has 0 saturated heterocycles. The Hall–Kier alpha value is -3.72. The van der Waals surface area contributed by atoms with Crippen LogP contribution in [-0.4, -0.2) is 11.7 Å². The summed E-state index contributed by atoms with van der Waals surface area (Å²) in [6.07, 6.45) is 5.67. The maximum absolute atomic E-state index is 13.0. The van der Waals surface area contributed by atoms with E-state index in [9.17, 15) is 4.79 Å². The summed E-state index contributed by atoms with van der Waals surface area (Å²) in [5.41, 5.74) is 3.24. The molecule has 0 fully saturated rings. The molecule has 0 aliphatic carbocycles. The number of hydrogen-bond donors (Lipinski definition) is 0. The highest BCUT2D eigenvalue weighted by atomic mass is 16.2. The molecule has 0 aromatic heterocycles. The molecule has 4 rings (SSSR count). The number of benzene rings is 3. The summed E-state index contributed by atoms with van der Waals surface area (Å²) >= 11 is 0. The Morgan fingerprint density at radius 2 is 1.22 bits per heavy atom. The molecular formula is C24H18N2O. The zero-order valence-electron chi connectivity index (χ0n) is 14.7. The summed E-state index contributed by atoms with van der Waals surface area (Å²) in [7, 11) is 0. The van der Waals surface area contributed by atoms with Crippen molar-refractivity contribution in [3.63, 3.8) is 0 Å². The van der Waals surface area contributed by atoms with E-state index < -0.39 is 0 Å². The van der Waals surface area contributed by atoms with Gasteiger partial charge in [0.15, 0.2) is 0 Å². The number of carbonyl (C=O) groups is 1. The highest BCUT2D eigenvalue weighted by Crippen LogP contribution is 2.25. The Morgan fingerprint density at radius 3 is 1.85 bits per heavy atom. The molecular weight excluding hydrogens is 332 g/mol. The van der Waals surface area contributed by atoms with Crippen molar-refractivity contribution >= 4 is 29.6 Å². The lowest BCUT2D eigenvalue weighted by Crippen LogP contribution is -2.30. The summed E-state index contributed by atoms with van der Waals surface area (Å²) in [4.78, 5) is 19.3. The van der Waals surface area contributed by atoms with Crippen molar-refractivity contribution in [1.82, 2.24) is 0 Å². The van der Waals surface area contributed by atoms with E-state index >= 15 is 0 Å². The van der Waals surface area contributed by atoms with E-state index in [4.69, 9.17) is 0 Å². The van der Waals surface area contributed by atoms with Crippen LogP contribution in [0.25, 0.3) is 12.2 Å². The third-order valence-electron chi connectivity index (χ3n) is 4.23. The Bertz CT molecular complexity index is 1020. The monoisotopic (exact) mass is 350 g/mol. The first-order valence-electron chi connectivity index (χ1n) is 8.79. The van der Waals surface area contributed by atoms with Crippen molar-refractivity contribution in [2.24, 2.45) is 4.99 Å². The van der Waals surface area contributed by atoms with Gasteiger partial charge in [0.2, 0.25) is 0 Å². The van der Waals surface area contributed by atoms with Gasteiger partial charge in [-0.2, -0.15) is 0 Å². The summed E-state index contributed by atoms with van der Waals surface area (Å²) in [6.45, 7) is 0. The molecule has 27 heavy (non-hydrogen) atoms. The Labute approximate surface area is 158 Å². The number of carbonyl (C=O) groups excluding carboxylic acids is 1. The van der Waals surface area contributed by atoms with Gasteiger partial charge in [0.05, 0.1) is 5.69 Å². The number of hydrogen-bond acceptors (Lipinski definition) is 2. The van der Waals surface area contributed by atoms with Crippen molar-refractivity contribution < 1.29 is 4.79 Å². The van der Waals surface area contributed by atoms with Crippen LogP contribution in [0.3, 0.4) is 0 Å². The molecule has 0 saturated carbocycles. The van der Waals surface area contributed by atoms with Gasteiger partial charge in [-0.1, -0.05) is 84.9 Å². The van der Waals surface area contributed by atoms with Crippen LogP contribution in [0.15, 0.2) is 108 Å². The number of nitrogens with zero attached hydrogens (tertiary/aromatic N) is 2. The zero-order chi connectivity index (χ0) is 18.5. The van der Waals surface area contributed by atoms with Gasteiger partial charge in [-0.3, -0.25) is 9.69 Å². The third kappa shape index (κ3) is 3.77. The van der Waals surface area contributed by atoms with Gasteiger partial charge < -0.3 is 0 Å². The smallest absolute Gasteiger partial charge is 0.266 e. The standard InChI is InChI=1S/C24H18N2O/c27-24-22(18-20-12-6-2-7-13-20)25-23(17-16-19-10-4-1-5-11-19)26(24)21-14-8-3-9-15-21/h1-18H/b17-16+,22-18-. The maximum atomic E-state index is 13.0. The molecule has 3 nitrogen and oxygen atoms in total. The number of amidine groups is 1. The second-order valence-corrected chi connectivity index (χ2v) is 6.13. The maximum Gasteiger partial charge on any atom is 0.282 e. The minimum atomic E-state index is -0.127. The molecule has 1 amide bonds.